The molecule has 0 saturated carbocycles. The summed E-state index contributed by atoms with van der Waals surface area (Å²) < 4.78 is 24.0. The van der Waals surface area contributed by atoms with E-state index in [1.165, 1.54) is 12.1 Å². The van der Waals surface area contributed by atoms with Gasteiger partial charge in [-0.25, -0.2) is 14.2 Å². The number of para-hydroxylation sites is 1. The molecule has 1 aliphatic heterocycles. The van der Waals surface area contributed by atoms with Crippen molar-refractivity contribution >= 4 is 24.0 Å². The summed E-state index contributed by atoms with van der Waals surface area (Å²) in [6.45, 7) is 0. The minimum atomic E-state index is -0.613. The zero-order chi connectivity index (χ0) is 16.9. The number of rotatable bonds is 4. The predicted octanol–water partition coefficient (Wildman–Crippen LogP) is 3.84. The van der Waals surface area contributed by atoms with E-state index in [9.17, 15) is 9.18 Å². The fourth-order valence-corrected chi connectivity index (χ4v) is 2.20. The molecule has 0 N–H and O–H groups in total. The van der Waals surface area contributed by atoms with Crippen LogP contribution < -0.4 is 4.74 Å². The molecule has 0 fully saturated rings. The summed E-state index contributed by atoms with van der Waals surface area (Å²) in [5.74, 6) is -0.196. The molecule has 1 aliphatic rings. The average molecular weight is 323 g/mol. The third-order valence-corrected chi connectivity index (χ3v) is 3.38. The van der Waals surface area contributed by atoms with Crippen LogP contribution in [0.2, 0.25) is 0 Å². The molecule has 120 valence electrons. The van der Waals surface area contributed by atoms with Crippen molar-refractivity contribution in [2.75, 3.05) is 7.11 Å². The Labute approximate surface area is 138 Å². The Morgan fingerprint density at radius 3 is 2.50 bits per heavy atom. The highest BCUT2D eigenvalue weighted by atomic mass is 19.1. The molecule has 5 heteroatoms. The van der Waals surface area contributed by atoms with E-state index in [1.807, 2.05) is 24.3 Å². The average Bonchev–Trinajstić information content (AvgIpc) is 2.95. The number of cyclic esters (lactones) is 1. The number of esters is 1. The summed E-state index contributed by atoms with van der Waals surface area (Å²) in [6.07, 6.45) is 4.66. The van der Waals surface area contributed by atoms with E-state index in [0.29, 0.717) is 5.75 Å². The number of hydrogen-bond donors (Lipinski definition) is 0. The van der Waals surface area contributed by atoms with Gasteiger partial charge in [-0.1, -0.05) is 36.4 Å². The first-order valence-electron chi connectivity index (χ1n) is 7.25. The lowest BCUT2D eigenvalue weighted by atomic mass is 10.2. The number of aliphatic imine (C=N–C) groups is 1. The van der Waals surface area contributed by atoms with Crippen molar-refractivity contribution in [1.82, 2.24) is 0 Å². The quantitative estimate of drug-likeness (QED) is 0.634. The smallest absolute Gasteiger partial charge is 0.363 e. The first kappa shape index (κ1) is 15.7. The Balaban J connectivity index is 1.84. The minimum absolute atomic E-state index is 0.0553. The number of benzene rings is 2. The molecule has 0 spiro atoms. The minimum Gasteiger partial charge on any atom is -0.496 e. The van der Waals surface area contributed by atoms with Gasteiger partial charge in [-0.15, -0.1) is 0 Å². The zero-order valence-electron chi connectivity index (χ0n) is 12.9. The second kappa shape index (κ2) is 6.91. The maximum atomic E-state index is 13.6. The van der Waals surface area contributed by atoms with Gasteiger partial charge in [0, 0.05) is 17.2 Å². The molecule has 0 unspecified atom stereocenters. The Kier molecular flexibility index (Phi) is 4.52. The third kappa shape index (κ3) is 3.41. The molecule has 0 aromatic heterocycles. The highest BCUT2D eigenvalue weighted by Gasteiger charge is 2.21. The number of carbonyl (C=O) groups is 1. The van der Waals surface area contributed by atoms with Crippen LogP contribution >= 0.6 is 0 Å². The molecule has 0 aliphatic carbocycles. The summed E-state index contributed by atoms with van der Waals surface area (Å²) >= 11 is 0. The molecule has 0 saturated heterocycles. The monoisotopic (exact) mass is 323 g/mol. The molecule has 2 aromatic carbocycles. The van der Waals surface area contributed by atoms with Gasteiger partial charge in [0.1, 0.15) is 11.6 Å². The van der Waals surface area contributed by atoms with Crippen LogP contribution in [-0.4, -0.2) is 19.0 Å². The molecule has 0 amide bonds. The topological polar surface area (TPSA) is 47.9 Å². The van der Waals surface area contributed by atoms with Gasteiger partial charge in [-0.3, -0.25) is 0 Å². The van der Waals surface area contributed by atoms with Crippen molar-refractivity contribution in [3.05, 3.63) is 77.2 Å². The molecule has 0 atom stereocenters. The maximum Gasteiger partial charge on any atom is 0.363 e. The standard InChI is InChI=1S/C19H14FNO3/c1-23-17-9-5-3-6-13(17)10-11-18-21-16(19(22)24-18)12-14-7-2-4-8-15(14)20/h2-12H,1H3. The van der Waals surface area contributed by atoms with E-state index in [1.54, 1.807) is 37.5 Å². The van der Waals surface area contributed by atoms with Crippen LogP contribution in [-0.2, 0) is 9.53 Å². The highest BCUT2D eigenvalue weighted by molar-refractivity contribution is 6.11. The first-order valence-corrected chi connectivity index (χ1v) is 7.25. The van der Waals surface area contributed by atoms with E-state index in [0.717, 1.165) is 5.56 Å². The Bertz CT molecular complexity index is 868. The summed E-state index contributed by atoms with van der Waals surface area (Å²) in [7, 11) is 1.58. The van der Waals surface area contributed by atoms with Crippen LogP contribution in [0.5, 0.6) is 5.75 Å². The van der Waals surface area contributed by atoms with Gasteiger partial charge in [0.25, 0.3) is 0 Å². The number of halogens is 1. The third-order valence-electron chi connectivity index (χ3n) is 3.38. The van der Waals surface area contributed by atoms with E-state index in [2.05, 4.69) is 4.99 Å². The van der Waals surface area contributed by atoms with Gasteiger partial charge in [0.2, 0.25) is 5.90 Å². The predicted molar refractivity (Wildman–Crippen MR) is 89.9 cm³/mol. The van der Waals surface area contributed by atoms with Gasteiger partial charge in [-0.2, -0.15) is 0 Å². The Morgan fingerprint density at radius 1 is 1.04 bits per heavy atom. The van der Waals surface area contributed by atoms with Crippen LogP contribution in [0.4, 0.5) is 4.39 Å². The van der Waals surface area contributed by atoms with Crippen molar-refractivity contribution in [2.24, 2.45) is 4.99 Å². The lowest BCUT2D eigenvalue weighted by molar-refractivity contribution is -0.129. The highest BCUT2D eigenvalue weighted by Crippen LogP contribution is 2.21. The lowest BCUT2D eigenvalue weighted by Gasteiger charge is -2.02. The second-order valence-electron chi connectivity index (χ2n) is 4.97. The zero-order valence-corrected chi connectivity index (χ0v) is 12.9. The van der Waals surface area contributed by atoms with Gasteiger partial charge >= 0.3 is 5.97 Å². The molecular weight excluding hydrogens is 309 g/mol. The van der Waals surface area contributed by atoms with Gasteiger partial charge in [-0.05, 0) is 24.3 Å². The molecular formula is C19H14FNO3. The van der Waals surface area contributed by atoms with Crippen LogP contribution in [0.25, 0.3) is 12.2 Å². The number of ether oxygens (including phenoxy) is 2. The van der Waals surface area contributed by atoms with Crippen LogP contribution in [0.1, 0.15) is 11.1 Å². The van der Waals surface area contributed by atoms with Gasteiger partial charge < -0.3 is 9.47 Å². The van der Waals surface area contributed by atoms with Crippen LogP contribution in [0.3, 0.4) is 0 Å². The number of methoxy groups -OCH3 is 1. The maximum absolute atomic E-state index is 13.6. The number of carbonyl (C=O) groups excluding carboxylic acids is 1. The van der Waals surface area contributed by atoms with Gasteiger partial charge in [0.05, 0.1) is 7.11 Å². The second-order valence-corrected chi connectivity index (χ2v) is 4.97. The Hall–Kier alpha value is -3.21. The molecule has 2 aromatic rings. The normalized spacial score (nSPS) is 15.7. The van der Waals surface area contributed by atoms with E-state index in [4.69, 9.17) is 9.47 Å². The fraction of sp³-hybridized carbons (Fsp3) is 0.0526. The van der Waals surface area contributed by atoms with Crippen molar-refractivity contribution in [3.8, 4) is 5.75 Å². The Morgan fingerprint density at radius 2 is 1.75 bits per heavy atom. The van der Waals surface area contributed by atoms with Crippen molar-refractivity contribution < 1.29 is 18.7 Å². The van der Waals surface area contributed by atoms with E-state index < -0.39 is 11.8 Å². The summed E-state index contributed by atoms with van der Waals surface area (Å²) in [6, 6.07) is 13.6. The number of nitrogens with zero attached hydrogens (tertiary/aromatic N) is 1. The summed E-state index contributed by atoms with van der Waals surface area (Å²) in [5.41, 5.74) is 1.16. The van der Waals surface area contributed by atoms with Crippen LogP contribution in [0.15, 0.2) is 65.3 Å². The molecule has 3 rings (SSSR count). The van der Waals surface area contributed by atoms with Crippen molar-refractivity contribution in [3.63, 3.8) is 0 Å². The molecule has 24 heavy (non-hydrogen) atoms. The summed E-state index contributed by atoms with van der Waals surface area (Å²) in [4.78, 5) is 15.9. The lowest BCUT2D eigenvalue weighted by Crippen LogP contribution is -2.01. The van der Waals surface area contributed by atoms with Crippen molar-refractivity contribution in [2.45, 2.75) is 0 Å². The molecule has 4 nitrogen and oxygen atoms in total. The SMILES string of the molecule is COc1ccccc1C=CC1=NC(=Cc2ccccc2F)C(=O)O1. The molecule has 0 bridgehead atoms. The van der Waals surface area contributed by atoms with E-state index >= 15 is 0 Å². The molecule has 0 radical (unpaired) electrons. The van der Waals surface area contributed by atoms with Crippen molar-refractivity contribution in [1.29, 1.82) is 0 Å². The molecule has 1 heterocycles. The fourth-order valence-electron chi connectivity index (χ4n) is 2.20. The first-order chi connectivity index (χ1) is 11.7. The largest absolute Gasteiger partial charge is 0.496 e. The van der Waals surface area contributed by atoms with E-state index in [-0.39, 0.29) is 17.2 Å². The number of hydrogen-bond acceptors (Lipinski definition) is 4. The van der Waals surface area contributed by atoms with Gasteiger partial charge in [0.15, 0.2) is 5.70 Å². The summed E-state index contributed by atoms with van der Waals surface area (Å²) in [5, 5.41) is 0. The van der Waals surface area contributed by atoms with Crippen LogP contribution in [0, 0.1) is 5.82 Å².